The lowest BCUT2D eigenvalue weighted by Gasteiger charge is -2.05. The van der Waals surface area contributed by atoms with Crippen molar-refractivity contribution in [2.45, 2.75) is 0 Å². The van der Waals surface area contributed by atoms with E-state index in [4.69, 9.17) is 17.3 Å². The molecule has 0 amide bonds. The van der Waals surface area contributed by atoms with Crippen LogP contribution < -0.4 is 5.73 Å². The lowest BCUT2D eigenvalue weighted by Crippen LogP contribution is -2.28. The average Bonchev–Trinajstić information content (AvgIpc) is 2.54. The summed E-state index contributed by atoms with van der Waals surface area (Å²) in [5.41, 5.74) is 8.80. The number of hydrogen-bond acceptors (Lipinski definition) is 3. The van der Waals surface area contributed by atoms with E-state index < -0.39 is 0 Å². The summed E-state index contributed by atoms with van der Waals surface area (Å²) in [6.45, 7) is 0.149. The molecular formula is C15H13ClN3O+. The number of fused-ring (bicyclic) bond motifs is 1. The van der Waals surface area contributed by atoms with E-state index in [1.54, 1.807) is 18.2 Å². The molecular weight excluding hydrogens is 274 g/mol. The Morgan fingerprint density at radius 1 is 1.15 bits per heavy atom. The molecule has 0 aliphatic carbocycles. The van der Waals surface area contributed by atoms with Gasteiger partial charge in [-0.05, 0) is 35.1 Å². The molecule has 1 aliphatic heterocycles. The first kappa shape index (κ1) is 12.7. The van der Waals surface area contributed by atoms with Gasteiger partial charge in [0.2, 0.25) is 6.54 Å². The minimum Gasteiger partial charge on any atom is -0.382 e. The summed E-state index contributed by atoms with van der Waals surface area (Å²) in [5.74, 6) is 0.349. The molecule has 1 heterocycles. The Hall–Kier alpha value is -2.33. The molecule has 5 heteroatoms. The smallest absolute Gasteiger partial charge is 0.267 e. The highest BCUT2D eigenvalue weighted by molar-refractivity contribution is 6.31. The lowest BCUT2D eigenvalue weighted by molar-refractivity contribution is -0.764. The molecule has 100 valence electrons. The van der Waals surface area contributed by atoms with Gasteiger partial charge in [-0.2, -0.15) is 0 Å². The molecule has 3 N–H and O–H groups in total. The molecule has 0 fully saturated rings. The van der Waals surface area contributed by atoms with Gasteiger partial charge in [0.25, 0.3) is 5.71 Å². The van der Waals surface area contributed by atoms with E-state index in [1.165, 1.54) is 0 Å². The molecule has 2 aromatic carbocycles. The largest absolute Gasteiger partial charge is 0.382 e. The molecule has 0 saturated carbocycles. The second-order valence-electron chi connectivity index (χ2n) is 4.54. The summed E-state index contributed by atoms with van der Waals surface area (Å²) in [7, 11) is 0. The van der Waals surface area contributed by atoms with Gasteiger partial charge in [-0.1, -0.05) is 29.8 Å². The highest BCUT2D eigenvalue weighted by Crippen LogP contribution is 2.27. The molecule has 0 bridgehead atoms. The van der Waals surface area contributed by atoms with Crippen LogP contribution in [-0.2, 0) is 0 Å². The highest BCUT2D eigenvalue weighted by Gasteiger charge is 2.27. The molecule has 0 aromatic heterocycles. The van der Waals surface area contributed by atoms with Crippen molar-refractivity contribution in [2.75, 3.05) is 6.54 Å². The molecule has 20 heavy (non-hydrogen) atoms. The third kappa shape index (κ3) is 2.26. The van der Waals surface area contributed by atoms with Gasteiger partial charge < -0.3 is 5.73 Å². The average molecular weight is 287 g/mol. The minimum atomic E-state index is 0.149. The predicted molar refractivity (Wildman–Crippen MR) is 79.3 cm³/mol. The van der Waals surface area contributed by atoms with Gasteiger partial charge in [-0.15, -0.1) is 0 Å². The Labute approximate surface area is 121 Å². The van der Waals surface area contributed by atoms with E-state index in [2.05, 4.69) is 4.99 Å². The Morgan fingerprint density at radius 2 is 1.90 bits per heavy atom. The van der Waals surface area contributed by atoms with Crippen LogP contribution in [0, 0.1) is 0 Å². The molecule has 0 radical (unpaired) electrons. The molecule has 0 spiro atoms. The normalized spacial score (nSPS) is 14.6. The van der Waals surface area contributed by atoms with Gasteiger partial charge in [-0.3, -0.25) is 5.21 Å². The fourth-order valence-corrected chi connectivity index (χ4v) is 2.43. The van der Waals surface area contributed by atoms with E-state index in [0.717, 1.165) is 15.9 Å². The van der Waals surface area contributed by atoms with Crippen LogP contribution >= 0.6 is 11.6 Å². The van der Waals surface area contributed by atoms with Gasteiger partial charge in [0.1, 0.15) is 0 Å². The second kappa shape index (κ2) is 4.98. The van der Waals surface area contributed by atoms with Crippen molar-refractivity contribution < 1.29 is 9.95 Å². The standard InChI is InChI=1S/C15H12ClN3O/c16-11-6-7-13-12(8-11)15(10-4-2-1-3-5-10)19(20)9-14(17)18-13/h1-8,17,20H,9H2/p+1. The molecule has 0 atom stereocenters. The van der Waals surface area contributed by atoms with Crippen LogP contribution in [0.1, 0.15) is 11.1 Å². The summed E-state index contributed by atoms with van der Waals surface area (Å²) in [5, 5.41) is 10.9. The third-order valence-electron chi connectivity index (χ3n) is 3.09. The van der Waals surface area contributed by atoms with Crippen molar-refractivity contribution in [3.8, 4) is 0 Å². The number of aliphatic imine (C=N–C) groups is 1. The SMILES string of the molecule is NC1=Nc2ccc(Cl)cc2C(c2ccccc2)=[N+](O)C1. The van der Waals surface area contributed by atoms with Crippen LogP contribution in [0.5, 0.6) is 0 Å². The fourth-order valence-electron chi connectivity index (χ4n) is 2.26. The van der Waals surface area contributed by atoms with Crippen LogP contribution in [0.3, 0.4) is 0 Å². The molecule has 4 nitrogen and oxygen atoms in total. The van der Waals surface area contributed by atoms with E-state index in [0.29, 0.717) is 22.3 Å². The van der Waals surface area contributed by atoms with Crippen molar-refractivity contribution in [2.24, 2.45) is 10.7 Å². The fraction of sp³-hybridized carbons (Fsp3) is 0.0667. The van der Waals surface area contributed by atoms with Gasteiger partial charge >= 0.3 is 0 Å². The van der Waals surface area contributed by atoms with E-state index in [-0.39, 0.29) is 6.54 Å². The molecule has 0 saturated heterocycles. The number of hydrogen-bond donors (Lipinski definition) is 2. The van der Waals surface area contributed by atoms with Crippen LogP contribution in [-0.4, -0.2) is 28.0 Å². The quantitative estimate of drug-likeness (QED) is 0.625. The number of nitrogens with two attached hydrogens (primary N) is 1. The topological polar surface area (TPSA) is 61.6 Å². The number of rotatable bonds is 1. The highest BCUT2D eigenvalue weighted by atomic mass is 35.5. The van der Waals surface area contributed by atoms with E-state index in [9.17, 15) is 5.21 Å². The Bertz CT molecular complexity index is 723. The Morgan fingerprint density at radius 3 is 2.65 bits per heavy atom. The summed E-state index contributed by atoms with van der Waals surface area (Å²) in [4.78, 5) is 4.32. The maximum Gasteiger partial charge on any atom is 0.267 e. The van der Waals surface area contributed by atoms with Crippen LogP contribution in [0.4, 0.5) is 5.69 Å². The van der Waals surface area contributed by atoms with Gasteiger partial charge in [0.15, 0.2) is 5.84 Å². The first-order valence-corrected chi connectivity index (χ1v) is 6.54. The zero-order chi connectivity index (χ0) is 14.1. The number of halogens is 1. The lowest BCUT2D eigenvalue weighted by atomic mass is 10.0. The number of benzene rings is 2. The van der Waals surface area contributed by atoms with Crippen molar-refractivity contribution in [3.05, 3.63) is 64.7 Å². The maximum absolute atomic E-state index is 10.3. The summed E-state index contributed by atoms with van der Waals surface area (Å²) < 4.78 is 1.11. The van der Waals surface area contributed by atoms with Crippen LogP contribution in [0.2, 0.25) is 5.02 Å². The summed E-state index contributed by atoms with van der Waals surface area (Å²) in [6, 6.07) is 14.9. The molecule has 2 aromatic rings. The first-order valence-electron chi connectivity index (χ1n) is 6.17. The van der Waals surface area contributed by atoms with Crippen molar-refractivity contribution in [3.63, 3.8) is 0 Å². The summed E-state index contributed by atoms with van der Waals surface area (Å²) >= 11 is 6.07. The zero-order valence-corrected chi connectivity index (χ0v) is 11.4. The van der Waals surface area contributed by atoms with E-state index >= 15 is 0 Å². The van der Waals surface area contributed by atoms with Gasteiger partial charge in [0, 0.05) is 5.02 Å². The molecule has 1 aliphatic rings. The number of nitrogens with zero attached hydrogens (tertiary/aromatic N) is 2. The Balaban J connectivity index is 2.29. The van der Waals surface area contributed by atoms with Crippen molar-refractivity contribution in [1.82, 2.24) is 0 Å². The number of amidine groups is 1. The minimum absolute atomic E-state index is 0.149. The Kier molecular flexibility index (Phi) is 3.16. The van der Waals surface area contributed by atoms with Gasteiger partial charge in [-0.25, -0.2) is 4.99 Å². The maximum atomic E-state index is 10.3. The van der Waals surface area contributed by atoms with Crippen molar-refractivity contribution >= 4 is 28.8 Å². The third-order valence-corrected chi connectivity index (χ3v) is 3.33. The first-order chi connectivity index (χ1) is 9.65. The second-order valence-corrected chi connectivity index (χ2v) is 4.97. The zero-order valence-electron chi connectivity index (χ0n) is 10.6. The molecule has 0 unspecified atom stereocenters. The van der Waals surface area contributed by atoms with Crippen molar-refractivity contribution in [1.29, 1.82) is 0 Å². The van der Waals surface area contributed by atoms with Gasteiger partial charge in [0.05, 0.1) is 16.8 Å². The summed E-state index contributed by atoms with van der Waals surface area (Å²) in [6.07, 6.45) is 0. The monoisotopic (exact) mass is 286 g/mol. The molecule has 3 rings (SSSR count). The van der Waals surface area contributed by atoms with Crippen LogP contribution in [0.15, 0.2) is 53.5 Å². The predicted octanol–water partition coefficient (Wildman–Crippen LogP) is 2.58. The van der Waals surface area contributed by atoms with E-state index in [1.807, 2.05) is 30.3 Å². The van der Waals surface area contributed by atoms with Crippen LogP contribution in [0.25, 0.3) is 0 Å². The number of hydroxylamine groups is 1.